The maximum Gasteiger partial charge on any atom is 0.258 e. The zero-order valence-electron chi connectivity index (χ0n) is 17.2. The normalized spacial score (nSPS) is 13.5. The van der Waals surface area contributed by atoms with Gasteiger partial charge in [-0.3, -0.25) is 14.2 Å². The minimum absolute atomic E-state index is 0.0669. The fourth-order valence-electron chi connectivity index (χ4n) is 3.75. The Morgan fingerprint density at radius 3 is 2.81 bits per heavy atom. The standard InChI is InChI=1S/C24H22N4O3/c1-15-5-4-6-16(11-15)13-25-21(29)14-28-20-8-3-2-7-18(20)19(12-22(28)30)24-26-23(27-31-24)17-9-10-17/h2-8,11-12,17H,9-10,13-14H2,1H3,(H,25,29). The van der Waals surface area contributed by atoms with Crippen molar-refractivity contribution in [2.24, 2.45) is 0 Å². The van der Waals surface area contributed by atoms with Gasteiger partial charge in [0.1, 0.15) is 6.54 Å². The van der Waals surface area contributed by atoms with Crippen LogP contribution in [0.15, 0.2) is 63.9 Å². The van der Waals surface area contributed by atoms with Gasteiger partial charge in [0.15, 0.2) is 5.82 Å². The van der Waals surface area contributed by atoms with Gasteiger partial charge >= 0.3 is 0 Å². The molecule has 1 saturated carbocycles. The number of nitrogens with one attached hydrogen (secondary N) is 1. The van der Waals surface area contributed by atoms with Crippen LogP contribution in [0.3, 0.4) is 0 Å². The number of aryl methyl sites for hydroxylation is 1. The van der Waals surface area contributed by atoms with Crippen LogP contribution < -0.4 is 10.9 Å². The summed E-state index contributed by atoms with van der Waals surface area (Å²) in [5.74, 6) is 1.17. The van der Waals surface area contributed by atoms with Gasteiger partial charge in [0, 0.05) is 23.9 Å². The summed E-state index contributed by atoms with van der Waals surface area (Å²) in [7, 11) is 0. The lowest BCUT2D eigenvalue weighted by Crippen LogP contribution is -2.32. The second-order valence-corrected chi connectivity index (χ2v) is 8.00. The van der Waals surface area contributed by atoms with Gasteiger partial charge in [-0.25, -0.2) is 0 Å². The molecule has 2 aromatic carbocycles. The predicted octanol–water partition coefficient (Wildman–Crippen LogP) is 3.55. The van der Waals surface area contributed by atoms with Crippen LogP contribution in [0.1, 0.15) is 35.7 Å². The van der Waals surface area contributed by atoms with Crippen molar-refractivity contribution in [1.29, 1.82) is 0 Å². The van der Waals surface area contributed by atoms with Gasteiger partial charge in [0.05, 0.1) is 11.1 Å². The molecule has 1 N–H and O–H groups in total. The molecule has 156 valence electrons. The fraction of sp³-hybridized carbons (Fsp3) is 0.250. The number of hydrogen-bond donors (Lipinski definition) is 1. The van der Waals surface area contributed by atoms with Crippen molar-refractivity contribution in [1.82, 2.24) is 20.0 Å². The molecule has 5 rings (SSSR count). The summed E-state index contributed by atoms with van der Waals surface area (Å²) in [6.45, 7) is 2.36. The van der Waals surface area contributed by atoms with E-state index in [2.05, 4.69) is 15.5 Å². The average molecular weight is 414 g/mol. The van der Waals surface area contributed by atoms with E-state index in [0.717, 1.165) is 29.4 Å². The molecule has 0 bridgehead atoms. The Morgan fingerprint density at radius 2 is 2.00 bits per heavy atom. The molecular weight excluding hydrogens is 392 g/mol. The molecule has 1 aliphatic carbocycles. The van der Waals surface area contributed by atoms with Crippen LogP contribution in [0, 0.1) is 6.92 Å². The minimum Gasteiger partial charge on any atom is -0.350 e. The van der Waals surface area contributed by atoms with Crippen LogP contribution in [0.25, 0.3) is 22.4 Å². The lowest BCUT2D eigenvalue weighted by molar-refractivity contribution is -0.121. The average Bonchev–Trinajstić information content (AvgIpc) is 3.51. The van der Waals surface area contributed by atoms with Crippen molar-refractivity contribution in [3.8, 4) is 11.5 Å². The summed E-state index contributed by atoms with van der Waals surface area (Å²) >= 11 is 0. The van der Waals surface area contributed by atoms with Crippen LogP contribution in [0.5, 0.6) is 0 Å². The van der Waals surface area contributed by atoms with Gasteiger partial charge in [0.25, 0.3) is 11.4 Å². The third kappa shape index (κ3) is 3.99. The number of fused-ring (bicyclic) bond motifs is 1. The summed E-state index contributed by atoms with van der Waals surface area (Å²) in [5, 5.41) is 7.75. The number of carbonyl (C=O) groups is 1. The Balaban J connectivity index is 1.43. The maximum absolute atomic E-state index is 12.9. The molecule has 0 aliphatic heterocycles. The zero-order chi connectivity index (χ0) is 21.4. The molecule has 1 aliphatic rings. The topological polar surface area (TPSA) is 90.0 Å². The molecule has 1 fully saturated rings. The Morgan fingerprint density at radius 1 is 1.16 bits per heavy atom. The van der Waals surface area contributed by atoms with E-state index >= 15 is 0 Å². The molecule has 0 spiro atoms. The zero-order valence-corrected chi connectivity index (χ0v) is 17.2. The van der Waals surface area contributed by atoms with Crippen molar-refractivity contribution in [2.45, 2.75) is 38.8 Å². The van der Waals surface area contributed by atoms with Gasteiger partial charge < -0.3 is 9.84 Å². The van der Waals surface area contributed by atoms with Gasteiger partial charge in [-0.1, -0.05) is 53.2 Å². The molecule has 0 saturated heterocycles. The largest absolute Gasteiger partial charge is 0.350 e. The first-order valence-electron chi connectivity index (χ1n) is 10.4. The van der Waals surface area contributed by atoms with Crippen molar-refractivity contribution in [2.75, 3.05) is 0 Å². The molecule has 7 heteroatoms. The lowest BCUT2D eigenvalue weighted by Gasteiger charge is -2.12. The van der Waals surface area contributed by atoms with E-state index in [1.54, 1.807) is 0 Å². The molecule has 7 nitrogen and oxygen atoms in total. The van der Waals surface area contributed by atoms with E-state index in [0.29, 0.717) is 35.3 Å². The summed E-state index contributed by atoms with van der Waals surface area (Å²) in [4.78, 5) is 30.0. The van der Waals surface area contributed by atoms with Crippen molar-refractivity contribution in [3.05, 3.63) is 81.9 Å². The number of hydrogen-bond acceptors (Lipinski definition) is 5. The monoisotopic (exact) mass is 414 g/mol. The molecule has 31 heavy (non-hydrogen) atoms. The first-order chi connectivity index (χ1) is 15.1. The molecule has 0 atom stereocenters. The first-order valence-corrected chi connectivity index (χ1v) is 10.4. The van der Waals surface area contributed by atoms with Crippen LogP contribution in [0.2, 0.25) is 0 Å². The number of carbonyl (C=O) groups excluding carboxylic acids is 1. The van der Waals surface area contributed by atoms with E-state index in [9.17, 15) is 9.59 Å². The van der Waals surface area contributed by atoms with Gasteiger partial charge in [-0.2, -0.15) is 4.98 Å². The number of aromatic nitrogens is 3. The van der Waals surface area contributed by atoms with E-state index in [1.165, 1.54) is 10.6 Å². The Hall–Kier alpha value is -3.74. The minimum atomic E-state index is -0.287. The SMILES string of the molecule is Cc1cccc(CNC(=O)Cn2c(=O)cc(-c3nc(C4CC4)no3)c3ccccc32)c1. The highest BCUT2D eigenvalue weighted by atomic mass is 16.5. The van der Waals surface area contributed by atoms with Gasteiger partial charge in [-0.15, -0.1) is 0 Å². The molecule has 1 amide bonds. The highest BCUT2D eigenvalue weighted by Crippen LogP contribution is 2.39. The second-order valence-electron chi connectivity index (χ2n) is 8.00. The van der Waals surface area contributed by atoms with Crippen LogP contribution in [-0.4, -0.2) is 20.6 Å². The highest BCUT2D eigenvalue weighted by molar-refractivity contribution is 5.93. The number of nitrogens with zero attached hydrogens (tertiary/aromatic N) is 3. The fourth-order valence-corrected chi connectivity index (χ4v) is 3.75. The Labute approximate surface area is 178 Å². The number of para-hydroxylation sites is 1. The number of amides is 1. The van der Waals surface area contributed by atoms with Crippen LogP contribution in [0.4, 0.5) is 0 Å². The van der Waals surface area contributed by atoms with Gasteiger partial charge in [0.2, 0.25) is 5.91 Å². The number of benzene rings is 2. The molecule has 2 aromatic heterocycles. The predicted molar refractivity (Wildman–Crippen MR) is 117 cm³/mol. The maximum atomic E-state index is 12.9. The van der Waals surface area contributed by atoms with Crippen LogP contribution >= 0.6 is 0 Å². The lowest BCUT2D eigenvalue weighted by atomic mass is 10.1. The van der Waals surface area contributed by atoms with E-state index in [-0.39, 0.29) is 18.0 Å². The Kier molecular flexibility index (Phi) is 4.86. The third-order valence-corrected chi connectivity index (χ3v) is 5.51. The van der Waals surface area contributed by atoms with Crippen molar-refractivity contribution in [3.63, 3.8) is 0 Å². The summed E-state index contributed by atoms with van der Waals surface area (Å²) in [6, 6.07) is 16.9. The Bertz CT molecular complexity index is 1330. The quantitative estimate of drug-likeness (QED) is 0.521. The third-order valence-electron chi connectivity index (χ3n) is 5.51. The van der Waals surface area contributed by atoms with Crippen LogP contribution in [-0.2, 0) is 17.9 Å². The summed E-state index contributed by atoms with van der Waals surface area (Å²) in [6.07, 6.45) is 2.14. The number of rotatable bonds is 6. The molecule has 4 aromatic rings. The molecule has 0 radical (unpaired) electrons. The highest BCUT2D eigenvalue weighted by Gasteiger charge is 2.29. The smallest absolute Gasteiger partial charge is 0.258 e. The summed E-state index contributed by atoms with van der Waals surface area (Å²) < 4.78 is 6.92. The van der Waals surface area contributed by atoms with Crippen molar-refractivity contribution < 1.29 is 9.32 Å². The van der Waals surface area contributed by atoms with E-state index < -0.39 is 0 Å². The molecular formula is C24H22N4O3. The van der Waals surface area contributed by atoms with Gasteiger partial charge in [-0.05, 0) is 31.4 Å². The second kappa shape index (κ2) is 7.83. The molecule has 2 heterocycles. The molecule has 0 unspecified atom stereocenters. The van der Waals surface area contributed by atoms with E-state index in [4.69, 9.17) is 4.52 Å². The van der Waals surface area contributed by atoms with Crippen molar-refractivity contribution >= 4 is 16.8 Å². The first kappa shape index (κ1) is 19.2. The van der Waals surface area contributed by atoms with E-state index in [1.807, 2.05) is 55.5 Å². The summed E-state index contributed by atoms with van der Waals surface area (Å²) in [5.41, 5.74) is 3.11. The number of pyridine rings is 1.